The van der Waals surface area contributed by atoms with Crippen LogP contribution < -0.4 is 5.73 Å². The fourth-order valence-corrected chi connectivity index (χ4v) is 1.91. The molecule has 1 amide bonds. The van der Waals surface area contributed by atoms with Gasteiger partial charge in [-0.1, -0.05) is 6.07 Å². The van der Waals surface area contributed by atoms with Crippen LogP contribution in [0.4, 0.5) is 5.69 Å². The van der Waals surface area contributed by atoms with Crippen molar-refractivity contribution in [3.63, 3.8) is 0 Å². The van der Waals surface area contributed by atoms with Gasteiger partial charge in [-0.2, -0.15) is 0 Å². The number of nitro benzene ring substituents is 1. The molecule has 1 saturated heterocycles. The SMILES string of the molecule is NC1CCN(C(=O)c2cccc([N+](=O)[O-])c2)C1. The van der Waals surface area contributed by atoms with E-state index in [0.29, 0.717) is 18.7 Å². The molecule has 2 N–H and O–H groups in total. The third-order valence-corrected chi connectivity index (χ3v) is 2.82. The number of benzene rings is 1. The van der Waals surface area contributed by atoms with Crippen LogP contribution >= 0.6 is 0 Å². The number of hydrogen-bond donors (Lipinski definition) is 1. The lowest BCUT2D eigenvalue weighted by molar-refractivity contribution is -0.384. The van der Waals surface area contributed by atoms with E-state index in [2.05, 4.69) is 0 Å². The highest BCUT2D eigenvalue weighted by Crippen LogP contribution is 2.17. The van der Waals surface area contributed by atoms with Crippen LogP contribution in [0.5, 0.6) is 0 Å². The maximum atomic E-state index is 12.0. The second-order valence-corrected chi connectivity index (χ2v) is 4.11. The zero-order valence-corrected chi connectivity index (χ0v) is 9.20. The Morgan fingerprint density at radius 3 is 2.88 bits per heavy atom. The number of likely N-dealkylation sites (tertiary alicyclic amines) is 1. The molecule has 0 aromatic heterocycles. The summed E-state index contributed by atoms with van der Waals surface area (Å²) >= 11 is 0. The average Bonchev–Trinajstić information content (AvgIpc) is 2.75. The highest BCUT2D eigenvalue weighted by atomic mass is 16.6. The lowest BCUT2D eigenvalue weighted by atomic mass is 10.2. The minimum atomic E-state index is -0.507. The minimum Gasteiger partial charge on any atom is -0.337 e. The number of hydrogen-bond acceptors (Lipinski definition) is 4. The molecule has 1 atom stereocenters. The van der Waals surface area contributed by atoms with Gasteiger partial charge in [0.25, 0.3) is 11.6 Å². The van der Waals surface area contributed by atoms with Gasteiger partial charge in [0.2, 0.25) is 0 Å². The molecule has 0 aliphatic carbocycles. The van der Waals surface area contributed by atoms with Crippen molar-refractivity contribution in [1.82, 2.24) is 4.90 Å². The Bertz CT molecular complexity index is 461. The van der Waals surface area contributed by atoms with Crippen LogP contribution in [0.3, 0.4) is 0 Å². The van der Waals surface area contributed by atoms with E-state index in [1.807, 2.05) is 0 Å². The topological polar surface area (TPSA) is 89.5 Å². The molecule has 1 fully saturated rings. The Morgan fingerprint density at radius 1 is 1.53 bits per heavy atom. The molecule has 17 heavy (non-hydrogen) atoms. The Labute approximate surface area is 98.2 Å². The Hall–Kier alpha value is -1.95. The molecule has 6 heteroatoms. The summed E-state index contributed by atoms with van der Waals surface area (Å²) in [5.74, 6) is -0.193. The van der Waals surface area contributed by atoms with Crippen molar-refractivity contribution in [2.75, 3.05) is 13.1 Å². The molecule has 1 aromatic rings. The highest BCUT2D eigenvalue weighted by molar-refractivity contribution is 5.95. The van der Waals surface area contributed by atoms with Crippen LogP contribution in [0, 0.1) is 10.1 Å². The zero-order chi connectivity index (χ0) is 12.4. The van der Waals surface area contributed by atoms with Crippen LogP contribution in [0.1, 0.15) is 16.8 Å². The highest BCUT2D eigenvalue weighted by Gasteiger charge is 2.25. The quantitative estimate of drug-likeness (QED) is 0.605. The van der Waals surface area contributed by atoms with E-state index >= 15 is 0 Å². The van der Waals surface area contributed by atoms with Crippen molar-refractivity contribution in [1.29, 1.82) is 0 Å². The molecule has 1 aliphatic heterocycles. The lowest BCUT2D eigenvalue weighted by Crippen LogP contribution is -2.31. The number of nitro groups is 1. The van der Waals surface area contributed by atoms with Crippen LogP contribution in [0.2, 0.25) is 0 Å². The second-order valence-electron chi connectivity index (χ2n) is 4.11. The molecular formula is C11H13N3O3. The molecule has 2 rings (SSSR count). The van der Waals surface area contributed by atoms with Gasteiger partial charge in [-0.3, -0.25) is 14.9 Å². The molecular weight excluding hydrogens is 222 g/mol. The molecule has 1 aromatic carbocycles. The van der Waals surface area contributed by atoms with Gasteiger partial charge in [0.15, 0.2) is 0 Å². The van der Waals surface area contributed by atoms with Crippen molar-refractivity contribution >= 4 is 11.6 Å². The first-order valence-electron chi connectivity index (χ1n) is 5.37. The van der Waals surface area contributed by atoms with Crippen LogP contribution in [-0.2, 0) is 0 Å². The van der Waals surface area contributed by atoms with E-state index in [9.17, 15) is 14.9 Å². The van der Waals surface area contributed by atoms with Gasteiger partial charge in [0.1, 0.15) is 0 Å². The molecule has 6 nitrogen and oxygen atoms in total. The zero-order valence-electron chi connectivity index (χ0n) is 9.20. The van der Waals surface area contributed by atoms with Crippen LogP contribution in [0.25, 0.3) is 0 Å². The average molecular weight is 235 g/mol. The number of nitrogens with zero attached hydrogens (tertiary/aromatic N) is 2. The summed E-state index contributed by atoms with van der Waals surface area (Å²) in [6, 6.07) is 5.77. The summed E-state index contributed by atoms with van der Waals surface area (Å²) in [7, 11) is 0. The Balaban J connectivity index is 2.19. The number of carbonyl (C=O) groups excluding carboxylic acids is 1. The first-order valence-corrected chi connectivity index (χ1v) is 5.37. The first kappa shape index (κ1) is 11.5. The number of amides is 1. The van der Waals surface area contributed by atoms with Crippen molar-refractivity contribution in [3.8, 4) is 0 Å². The van der Waals surface area contributed by atoms with E-state index in [1.54, 1.807) is 11.0 Å². The van der Waals surface area contributed by atoms with Gasteiger partial charge in [-0.25, -0.2) is 0 Å². The fraction of sp³-hybridized carbons (Fsp3) is 0.364. The molecule has 90 valence electrons. The Kier molecular flexibility index (Phi) is 3.06. The minimum absolute atomic E-state index is 0.0117. The van der Waals surface area contributed by atoms with Crippen LogP contribution in [0.15, 0.2) is 24.3 Å². The summed E-state index contributed by atoms with van der Waals surface area (Å²) in [4.78, 5) is 23.7. The van der Waals surface area contributed by atoms with E-state index in [4.69, 9.17) is 5.73 Å². The van der Waals surface area contributed by atoms with Crippen molar-refractivity contribution < 1.29 is 9.72 Å². The molecule has 0 bridgehead atoms. The summed E-state index contributed by atoms with van der Waals surface area (Å²) in [5, 5.41) is 10.6. The van der Waals surface area contributed by atoms with Crippen molar-refractivity contribution in [2.24, 2.45) is 5.73 Å². The molecule has 0 radical (unpaired) electrons. The van der Waals surface area contributed by atoms with Gasteiger partial charge >= 0.3 is 0 Å². The summed E-state index contributed by atoms with van der Waals surface area (Å²) in [6.45, 7) is 1.13. The molecule has 0 spiro atoms. The van der Waals surface area contributed by atoms with Gasteiger partial charge in [-0.15, -0.1) is 0 Å². The van der Waals surface area contributed by atoms with E-state index < -0.39 is 4.92 Å². The Morgan fingerprint density at radius 2 is 2.29 bits per heavy atom. The van der Waals surface area contributed by atoms with E-state index in [1.165, 1.54) is 18.2 Å². The lowest BCUT2D eigenvalue weighted by Gasteiger charge is -2.15. The molecule has 1 heterocycles. The standard InChI is InChI=1S/C11H13N3O3/c12-9-4-5-13(7-9)11(15)8-2-1-3-10(6-8)14(16)17/h1-3,6,9H,4-5,7,12H2. The normalized spacial score (nSPS) is 19.4. The summed E-state index contributed by atoms with van der Waals surface area (Å²) < 4.78 is 0. The summed E-state index contributed by atoms with van der Waals surface area (Å²) in [6.07, 6.45) is 0.778. The predicted molar refractivity (Wildman–Crippen MR) is 61.6 cm³/mol. The largest absolute Gasteiger partial charge is 0.337 e. The molecule has 0 saturated carbocycles. The number of rotatable bonds is 2. The first-order chi connectivity index (χ1) is 8.08. The van der Waals surface area contributed by atoms with Gasteiger partial charge in [-0.05, 0) is 12.5 Å². The second kappa shape index (κ2) is 4.50. The van der Waals surface area contributed by atoms with Gasteiger partial charge < -0.3 is 10.6 Å². The third kappa shape index (κ3) is 2.42. The molecule has 1 aliphatic rings. The maximum absolute atomic E-state index is 12.0. The number of carbonyl (C=O) groups is 1. The van der Waals surface area contributed by atoms with E-state index in [0.717, 1.165) is 6.42 Å². The monoisotopic (exact) mass is 235 g/mol. The van der Waals surface area contributed by atoms with Gasteiger partial charge in [0.05, 0.1) is 4.92 Å². The van der Waals surface area contributed by atoms with Crippen LogP contribution in [-0.4, -0.2) is 34.9 Å². The number of nitrogens with two attached hydrogens (primary N) is 1. The predicted octanol–water partition coefficient (Wildman–Crippen LogP) is 0.768. The molecule has 1 unspecified atom stereocenters. The third-order valence-electron chi connectivity index (χ3n) is 2.82. The van der Waals surface area contributed by atoms with Crippen molar-refractivity contribution in [2.45, 2.75) is 12.5 Å². The van der Waals surface area contributed by atoms with Crippen molar-refractivity contribution in [3.05, 3.63) is 39.9 Å². The van der Waals surface area contributed by atoms with Gasteiger partial charge in [0, 0.05) is 36.8 Å². The summed E-state index contributed by atoms with van der Waals surface area (Å²) in [5.41, 5.74) is 5.99. The van der Waals surface area contributed by atoms with E-state index in [-0.39, 0.29) is 17.6 Å². The maximum Gasteiger partial charge on any atom is 0.270 e. The number of non-ortho nitro benzene ring substituents is 1. The smallest absolute Gasteiger partial charge is 0.270 e. The fourth-order valence-electron chi connectivity index (χ4n) is 1.91.